The highest BCUT2D eigenvalue weighted by Gasteiger charge is 2.15. The van der Waals surface area contributed by atoms with Crippen molar-refractivity contribution in [3.63, 3.8) is 0 Å². The molecule has 0 heterocycles. The topological polar surface area (TPSA) is 26.0 Å². The van der Waals surface area contributed by atoms with Gasteiger partial charge in [0.1, 0.15) is 0 Å². The molecular formula is C16H14ClN. The van der Waals surface area contributed by atoms with Crippen molar-refractivity contribution in [2.24, 2.45) is 0 Å². The van der Waals surface area contributed by atoms with Crippen LogP contribution in [0.5, 0.6) is 0 Å². The molecule has 1 nitrogen and oxygen atoms in total. The number of hydrogen-bond acceptors (Lipinski definition) is 1. The molecule has 3 rings (SSSR count). The number of rotatable bonds is 1. The van der Waals surface area contributed by atoms with Gasteiger partial charge in [0.15, 0.2) is 0 Å². The minimum Gasteiger partial charge on any atom is -0.399 e. The van der Waals surface area contributed by atoms with E-state index in [-0.39, 0.29) is 0 Å². The fraction of sp³-hybridized carbons (Fsp3) is 0.125. The molecule has 0 amide bonds. The van der Waals surface area contributed by atoms with Crippen molar-refractivity contribution in [3.05, 3.63) is 64.2 Å². The average molecular weight is 256 g/mol. The van der Waals surface area contributed by atoms with Crippen molar-refractivity contribution in [2.45, 2.75) is 12.8 Å². The van der Waals surface area contributed by atoms with Gasteiger partial charge in [-0.15, -0.1) is 0 Å². The molecule has 0 unspecified atom stereocenters. The van der Waals surface area contributed by atoms with E-state index >= 15 is 0 Å². The first-order valence-corrected chi connectivity index (χ1v) is 6.45. The van der Waals surface area contributed by atoms with E-state index < -0.39 is 0 Å². The lowest BCUT2D eigenvalue weighted by molar-refractivity contribution is 1.08. The lowest BCUT2D eigenvalue weighted by Gasteiger charge is -2.03. The van der Waals surface area contributed by atoms with Crippen molar-refractivity contribution in [2.75, 3.05) is 5.73 Å². The Balaban J connectivity index is 2.01. The largest absolute Gasteiger partial charge is 0.399 e. The third-order valence-electron chi connectivity index (χ3n) is 3.33. The summed E-state index contributed by atoms with van der Waals surface area (Å²) in [7, 11) is 0. The summed E-state index contributed by atoms with van der Waals surface area (Å²) in [6, 6.07) is 14.1. The monoisotopic (exact) mass is 255 g/mol. The number of nitrogen functional groups attached to an aromatic ring is 1. The Morgan fingerprint density at radius 3 is 2.78 bits per heavy atom. The Morgan fingerprint density at radius 2 is 1.94 bits per heavy atom. The van der Waals surface area contributed by atoms with E-state index in [0.29, 0.717) is 0 Å². The highest BCUT2D eigenvalue weighted by molar-refractivity contribution is 6.30. The number of aryl methyl sites for hydroxylation is 1. The summed E-state index contributed by atoms with van der Waals surface area (Å²) in [5.41, 5.74) is 11.9. The van der Waals surface area contributed by atoms with Gasteiger partial charge in [-0.25, -0.2) is 0 Å². The first-order chi connectivity index (χ1) is 8.72. The maximum atomic E-state index is 6.01. The Bertz CT molecular complexity index is 629. The molecule has 0 atom stereocenters. The molecule has 2 aromatic carbocycles. The molecule has 0 aliphatic heterocycles. The second-order valence-corrected chi connectivity index (χ2v) is 5.08. The maximum absolute atomic E-state index is 6.01. The number of benzene rings is 2. The second kappa shape index (κ2) is 4.51. The van der Waals surface area contributed by atoms with E-state index in [1.807, 2.05) is 24.3 Å². The average Bonchev–Trinajstić information content (AvgIpc) is 2.72. The van der Waals surface area contributed by atoms with Crippen LogP contribution in [0, 0.1) is 0 Å². The summed E-state index contributed by atoms with van der Waals surface area (Å²) in [4.78, 5) is 0. The molecule has 0 fully saturated rings. The summed E-state index contributed by atoms with van der Waals surface area (Å²) in [5, 5.41) is 0.778. The van der Waals surface area contributed by atoms with Crippen LogP contribution in [0.1, 0.15) is 23.1 Å². The SMILES string of the molecule is Nc1ccc2c(c1)CCC2=Cc1cccc(Cl)c1. The summed E-state index contributed by atoms with van der Waals surface area (Å²) < 4.78 is 0. The third-order valence-corrected chi connectivity index (χ3v) is 3.56. The van der Waals surface area contributed by atoms with Crippen LogP contribution < -0.4 is 5.73 Å². The smallest absolute Gasteiger partial charge is 0.0411 e. The van der Waals surface area contributed by atoms with Gasteiger partial charge < -0.3 is 5.73 Å². The molecule has 0 aromatic heterocycles. The van der Waals surface area contributed by atoms with E-state index in [0.717, 1.165) is 29.1 Å². The molecule has 0 saturated heterocycles. The van der Waals surface area contributed by atoms with Crippen LogP contribution in [0.25, 0.3) is 11.6 Å². The summed E-state index contributed by atoms with van der Waals surface area (Å²) in [5.74, 6) is 0. The highest BCUT2D eigenvalue weighted by atomic mass is 35.5. The lowest BCUT2D eigenvalue weighted by atomic mass is 10.0. The van der Waals surface area contributed by atoms with Gasteiger partial charge in [-0.2, -0.15) is 0 Å². The Morgan fingerprint density at radius 1 is 1.06 bits per heavy atom. The van der Waals surface area contributed by atoms with Crippen molar-refractivity contribution in [3.8, 4) is 0 Å². The Hall–Kier alpha value is -1.73. The fourth-order valence-corrected chi connectivity index (χ4v) is 2.68. The lowest BCUT2D eigenvalue weighted by Crippen LogP contribution is -1.87. The fourth-order valence-electron chi connectivity index (χ4n) is 2.49. The first kappa shape index (κ1) is 11.4. The first-order valence-electron chi connectivity index (χ1n) is 6.07. The quantitative estimate of drug-likeness (QED) is 0.751. The minimum absolute atomic E-state index is 0.778. The molecule has 1 aliphatic carbocycles. The standard InChI is InChI=1S/C16H14ClN/c17-14-3-1-2-11(9-14)8-12-4-5-13-10-15(18)6-7-16(12)13/h1-3,6-10H,4-5,18H2. The van der Waals surface area contributed by atoms with E-state index in [2.05, 4.69) is 24.3 Å². The van der Waals surface area contributed by atoms with Crippen molar-refractivity contribution in [1.82, 2.24) is 0 Å². The zero-order chi connectivity index (χ0) is 12.5. The van der Waals surface area contributed by atoms with Crippen molar-refractivity contribution in [1.29, 1.82) is 0 Å². The highest BCUT2D eigenvalue weighted by Crippen LogP contribution is 2.34. The molecule has 2 heteroatoms. The van der Waals surface area contributed by atoms with Crippen LogP contribution in [0.3, 0.4) is 0 Å². The van der Waals surface area contributed by atoms with Gasteiger partial charge in [0.2, 0.25) is 0 Å². The molecule has 0 saturated carbocycles. The molecule has 2 aromatic rings. The molecule has 1 aliphatic rings. The number of hydrogen-bond donors (Lipinski definition) is 1. The number of allylic oxidation sites excluding steroid dienone is 1. The van der Waals surface area contributed by atoms with Crippen LogP contribution in [-0.2, 0) is 6.42 Å². The van der Waals surface area contributed by atoms with Gasteiger partial charge >= 0.3 is 0 Å². The van der Waals surface area contributed by atoms with Crippen LogP contribution in [0.4, 0.5) is 5.69 Å². The van der Waals surface area contributed by atoms with Crippen LogP contribution in [-0.4, -0.2) is 0 Å². The van der Waals surface area contributed by atoms with E-state index in [9.17, 15) is 0 Å². The summed E-state index contributed by atoms with van der Waals surface area (Å²) >= 11 is 6.01. The van der Waals surface area contributed by atoms with E-state index in [1.54, 1.807) is 0 Å². The molecular weight excluding hydrogens is 242 g/mol. The molecule has 90 valence electrons. The van der Waals surface area contributed by atoms with Gasteiger partial charge in [0.05, 0.1) is 0 Å². The van der Waals surface area contributed by atoms with Gasteiger partial charge in [-0.05, 0) is 59.4 Å². The number of nitrogens with two attached hydrogens (primary N) is 1. The predicted molar refractivity (Wildman–Crippen MR) is 78.5 cm³/mol. The summed E-state index contributed by atoms with van der Waals surface area (Å²) in [6.07, 6.45) is 4.37. The van der Waals surface area contributed by atoms with Gasteiger partial charge in [-0.3, -0.25) is 0 Å². The summed E-state index contributed by atoms with van der Waals surface area (Å²) in [6.45, 7) is 0. The van der Waals surface area contributed by atoms with Crippen molar-refractivity contribution >= 4 is 28.9 Å². The third kappa shape index (κ3) is 2.14. The molecule has 0 spiro atoms. The second-order valence-electron chi connectivity index (χ2n) is 4.64. The normalized spacial score (nSPS) is 15.9. The number of anilines is 1. The van der Waals surface area contributed by atoms with Gasteiger partial charge in [-0.1, -0.05) is 35.9 Å². The minimum atomic E-state index is 0.778. The van der Waals surface area contributed by atoms with E-state index in [1.165, 1.54) is 16.7 Å². The Kier molecular flexibility index (Phi) is 2.85. The zero-order valence-corrected chi connectivity index (χ0v) is 10.7. The van der Waals surface area contributed by atoms with Gasteiger partial charge in [0.25, 0.3) is 0 Å². The number of fused-ring (bicyclic) bond motifs is 1. The van der Waals surface area contributed by atoms with Crippen LogP contribution in [0.2, 0.25) is 5.02 Å². The zero-order valence-electron chi connectivity index (χ0n) is 9.99. The maximum Gasteiger partial charge on any atom is 0.0411 e. The molecule has 0 bridgehead atoms. The van der Waals surface area contributed by atoms with Crippen LogP contribution >= 0.6 is 11.6 Å². The van der Waals surface area contributed by atoms with Gasteiger partial charge in [0, 0.05) is 10.7 Å². The van der Waals surface area contributed by atoms with Crippen LogP contribution in [0.15, 0.2) is 42.5 Å². The Labute approximate surface area is 112 Å². The molecule has 0 radical (unpaired) electrons. The van der Waals surface area contributed by atoms with Crippen molar-refractivity contribution < 1.29 is 0 Å². The molecule has 18 heavy (non-hydrogen) atoms. The predicted octanol–water partition coefficient (Wildman–Crippen LogP) is 4.41. The van der Waals surface area contributed by atoms with E-state index in [4.69, 9.17) is 17.3 Å². The molecule has 2 N–H and O–H groups in total. The number of halogens is 1.